The quantitative estimate of drug-likeness (QED) is 0.0373. The zero-order valence-electron chi connectivity index (χ0n) is 48.6. The summed E-state index contributed by atoms with van der Waals surface area (Å²) in [5, 5.41) is 9.68. The first-order valence-electron chi connectivity index (χ1n) is 32.0. The third-order valence-corrected chi connectivity index (χ3v) is 14.3. The SMILES string of the molecule is CC/C=C\C/C=C\C/C=C\C/C=C\C/C=C\C/C=C\CCCCCCCCCCCCCCCCCCC(=O)OC(CO)COC(=O)CCCCCCCCCCCCCCCCCCCCCCCCCC. The normalized spacial score (nSPS) is 12.6. The number of rotatable bonds is 59. The van der Waals surface area contributed by atoms with Gasteiger partial charge in [-0.1, -0.05) is 324 Å². The van der Waals surface area contributed by atoms with E-state index < -0.39 is 6.10 Å². The molecule has 0 bridgehead atoms. The zero-order valence-corrected chi connectivity index (χ0v) is 48.6. The smallest absolute Gasteiger partial charge is 0.306 e. The van der Waals surface area contributed by atoms with Gasteiger partial charge in [0.05, 0.1) is 6.61 Å². The second-order valence-electron chi connectivity index (χ2n) is 21.5. The lowest BCUT2D eigenvalue weighted by molar-refractivity contribution is -0.161. The second kappa shape index (κ2) is 63.6. The van der Waals surface area contributed by atoms with Crippen LogP contribution in [0.5, 0.6) is 0 Å². The van der Waals surface area contributed by atoms with Gasteiger partial charge in [0.15, 0.2) is 6.10 Å². The highest BCUT2D eigenvalue weighted by molar-refractivity contribution is 5.70. The molecule has 0 saturated carbocycles. The third-order valence-electron chi connectivity index (χ3n) is 14.3. The maximum atomic E-state index is 12.3. The van der Waals surface area contributed by atoms with Crippen LogP contribution >= 0.6 is 0 Å². The molecule has 73 heavy (non-hydrogen) atoms. The molecule has 424 valence electrons. The average Bonchev–Trinajstić information content (AvgIpc) is 3.39. The third kappa shape index (κ3) is 61.8. The van der Waals surface area contributed by atoms with E-state index in [-0.39, 0.29) is 25.2 Å². The summed E-state index contributed by atoms with van der Waals surface area (Å²) >= 11 is 0. The van der Waals surface area contributed by atoms with E-state index in [1.54, 1.807) is 0 Å². The number of carbonyl (C=O) groups excluding carboxylic acids is 2. The van der Waals surface area contributed by atoms with Crippen LogP contribution in [0.15, 0.2) is 72.9 Å². The van der Waals surface area contributed by atoms with Crippen LogP contribution in [0.25, 0.3) is 0 Å². The van der Waals surface area contributed by atoms with Gasteiger partial charge >= 0.3 is 11.9 Å². The van der Waals surface area contributed by atoms with Crippen molar-refractivity contribution in [3.63, 3.8) is 0 Å². The Kier molecular flexibility index (Phi) is 61.3. The summed E-state index contributed by atoms with van der Waals surface area (Å²) in [4.78, 5) is 24.6. The van der Waals surface area contributed by atoms with Crippen LogP contribution in [0.4, 0.5) is 0 Å². The predicted molar refractivity (Wildman–Crippen MR) is 320 cm³/mol. The van der Waals surface area contributed by atoms with Crippen molar-refractivity contribution in [1.82, 2.24) is 0 Å². The number of aliphatic hydroxyl groups excluding tert-OH is 1. The molecule has 0 spiro atoms. The molecule has 0 heterocycles. The minimum absolute atomic E-state index is 0.0622. The van der Waals surface area contributed by atoms with Crippen LogP contribution in [-0.2, 0) is 19.1 Å². The van der Waals surface area contributed by atoms with E-state index in [0.717, 1.165) is 77.0 Å². The number of ether oxygens (including phenoxy) is 2. The van der Waals surface area contributed by atoms with Gasteiger partial charge in [0.1, 0.15) is 6.61 Å². The monoisotopic (exact) mass is 1020 g/mol. The highest BCUT2D eigenvalue weighted by atomic mass is 16.6. The van der Waals surface area contributed by atoms with Crippen molar-refractivity contribution in [3.8, 4) is 0 Å². The molecular formula is C68H122O5. The number of unbranched alkanes of at least 4 members (excludes halogenated alkanes) is 39. The van der Waals surface area contributed by atoms with Gasteiger partial charge in [0.25, 0.3) is 0 Å². The van der Waals surface area contributed by atoms with Gasteiger partial charge in [-0.15, -0.1) is 0 Å². The molecule has 0 aliphatic carbocycles. The van der Waals surface area contributed by atoms with Crippen molar-refractivity contribution in [2.45, 2.75) is 335 Å². The molecule has 0 aliphatic rings. The molecule has 1 unspecified atom stereocenters. The van der Waals surface area contributed by atoms with Gasteiger partial charge in [-0.25, -0.2) is 0 Å². The molecule has 0 radical (unpaired) electrons. The molecule has 0 aromatic carbocycles. The van der Waals surface area contributed by atoms with Gasteiger partial charge < -0.3 is 14.6 Å². The number of esters is 2. The fourth-order valence-electron chi connectivity index (χ4n) is 9.50. The first-order chi connectivity index (χ1) is 36.1. The molecule has 0 saturated heterocycles. The van der Waals surface area contributed by atoms with Crippen LogP contribution in [0.3, 0.4) is 0 Å². The summed E-state index contributed by atoms with van der Waals surface area (Å²) in [6, 6.07) is 0. The Morgan fingerprint density at radius 1 is 0.329 bits per heavy atom. The Morgan fingerprint density at radius 3 is 0.890 bits per heavy atom. The van der Waals surface area contributed by atoms with Crippen LogP contribution in [0, 0.1) is 0 Å². The maximum Gasteiger partial charge on any atom is 0.306 e. The molecule has 0 aromatic heterocycles. The number of allylic oxidation sites excluding steroid dienone is 12. The molecule has 0 amide bonds. The Hall–Kier alpha value is -2.66. The molecule has 0 fully saturated rings. The van der Waals surface area contributed by atoms with Gasteiger partial charge in [-0.2, -0.15) is 0 Å². The standard InChI is InChI=1S/C68H122O5/c1-3-5-7-9-11-13-15-17-19-21-23-25-27-29-30-31-32-33-34-35-36-37-38-39-41-43-45-47-49-51-53-55-57-59-61-63-68(71)73-66(64-69)65-72-67(70)62-60-58-56-54-52-50-48-46-44-42-40-28-26-24-22-20-18-16-14-12-10-8-6-4-2/h5,7,11,13,17,19,23,25,29-30,32-33,66,69H,3-4,6,8-10,12,14-16,18,20-22,24,26-28,31,34-65H2,1-2H3/b7-5-,13-11-,19-17-,25-23-,30-29-,33-32-. The fraction of sp³-hybridized carbons (Fsp3) is 0.794. The lowest BCUT2D eigenvalue weighted by Crippen LogP contribution is -2.28. The molecule has 1 atom stereocenters. The summed E-state index contributed by atoms with van der Waals surface area (Å²) in [5.74, 6) is -0.574. The van der Waals surface area contributed by atoms with Crippen LogP contribution in [0.1, 0.15) is 328 Å². The molecule has 1 N–H and O–H groups in total. The topological polar surface area (TPSA) is 72.8 Å². The molecule has 5 nitrogen and oxygen atoms in total. The van der Waals surface area contributed by atoms with Crippen molar-refractivity contribution in [3.05, 3.63) is 72.9 Å². The first kappa shape index (κ1) is 70.3. The van der Waals surface area contributed by atoms with Crippen LogP contribution in [-0.4, -0.2) is 36.4 Å². The van der Waals surface area contributed by atoms with E-state index in [1.165, 1.54) is 225 Å². The van der Waals surface area contributed by atoms with Crippen molar-refractivity contribution in [2.75, 3.05) is 13.2 Å². The zero-order chi connectivity index (χ0) is 52.7. The summed E-state index contributed by atoms with van der Waals surface area (Å²) < 4.78 is 10.7. The molecule has 5 heteroatoms. The Bertz CT molecular complexity index is 1290. The average molecular weight is 1020 g/mol. The second-order valence-corrected chi connectivity index (χ2v) is 21.5. The van der Waals surface area contributed by atoms with Gasteiger partial charge in [0, 0.05) is 12.8 Å². The predicted octanol–water partition coefficient (Wildman–Crippen LogP) is 21.9. The highest BCUT2D eigenvalue weighted by Gasteiger charge is 2.16. The fourth-order valence-corrected chi connectivity index (χ4v) is 9.50. The number of hydrogen-bond acceptors (Lipinski definition) is 5. The van der Waals surface area contributed by atoms with E-state index in [9.17, 15) is 14.7 Å². The summed E-state index contributed by atoms with van der Waals surface area (Å²) in [7, 11) is 0. The minimum atomic E-state index is -0.772. The van der Waals surface area contributed by atoms with E-state index in [0.29, 0.717) is 12.8 Å². The van der Waals surface area contributed by atoms with Crippen molar-refractivity contribution in [1.29, 1.82) is 0 Å². The van der Waals surface area contributed by atoms with E-state index in [4.69, 9.17) is 9.47 Å². The summed E-state index contributed by atoms with van der Waals surface area (Å²) in [6.07, 6.45) is 87.6. The Balaban J connectivity index is 3.44. The Morgan fingerprint density at radius 2 is 0.589 bits per heavy atom. The van der Waals surface area contributed by atoms with E-state index in [1.807, 2.05) is 0 Å². The largest absolute Gasteiger partial charge is 0.462 e. The summed E-state index contributed by atoms with van der Waals surface area (Å²) in [6.45, 7) is 4.07. The lowest BCUT2D eigenvalue weighted by Gasteiger charge is -2.15. The van der Waals surface area contributed by atoms with Gasteiger partial charge in [-0.3, -0.25) is 9.59 Å². The van der Waals surface area contributed by atoms with Crippen LogP contribution in [0.2, 0.25) is 0 Å². The maximum absolute atomic E-state index is 12.3. The Labute approximate surface area is 454 Å². The van der Waals surface area contributed by atoms with E-state index >= 15 is 0 Å². The van der Waals surface area contributed by atoms with Crippen molar-refractivity contribution < 1.29 is 24.2 Å². The molecule has 0 aliphatic heterocycles. The highest BCUT2D eigenvalue weighted by Crippen LogP contribution is 2.18. The van der Waals surface area contributed by atoms with Crippen LogP contribution < -0.4 is 0 Å². The summed E-state index contributed by atoms with van der Waals surface area (Å²) in [5.41, 5.74) is 0. The minimum Gasteiger partial charge on any atom is -0.462 e. The van der Waals surface area contributed by atoms with E-state index in [2.05, 4.69) is 86.8 Å². The van der Waals surface area contributed by atoms with Crippen molar-refractivity contribution >= 4 is 11.9 Å². The van der Waals surface area contributed by atoms with Gasteiger partial charge in [-0.05, 0) is 64.2 Å². The van der Waals surface area contributed by atoms with Crippen molar-refractivity contribution in [2.24, 2.45) is 0 Å². The molecule has 0 rings (SSSR count). The lowest BCUT2D eigenvalue weighted by atomic mass is 10.0. The molecular weight excluding hydrogens is 897 g/mol. The van der Waals surface area contributed by atoms with Gasteiger partial charge in [0.2, 0.25) is 0 Å². The first-order valence-corrected chi connectivity index (χ1v) is 32.0. The number of aliphatic hydroxyl groups is 1. The number of hydrogen-bond donors (Lipinski definition) is 1. The number of carbonyl (C=O) groups is 2. The molecule has 0 aromatic rings.